The summed E-state index contributed by atoms with van der Waals surface area (Å²) < 4.78 is 5.47. The van der Waals surface area contributed by atoms with Crippen molar-refractivity contribution in [2.24, 2.45) is 5.92 Å². The van der Waals surface area contributed by atoms with E-state index in [1.54, 1.807) is 0 Å². The fourth-order valence-corrected chi connectivity index (χ4v) is 2.17. The lowest BCUT2D eigenvalue weighted by atomic mass is 10.2. The molecule has 1 atom stereocenters. The van der Waals surface area contributed by atoms with Gasteiger partial charge in [0.1, 0.15) is 0 Å². The molecule has 0 aromatic carbocycles. The summed E-state index contributed by atoms with van der Waals surface area (Å²) in [6.07, 6.45) is 1.48. The van der Waals surface area contributed by atoms with Crippen molar-refractivity contribution >= 4 is 11.8 Å². The third-order valence-electron chi connectivity index (χ3n) is 2.55. The summed E-state index contributed by atoms with van der Waals surface area (Å²) in [6.45, 7) is 14.1. The second-order valence-corrected chi connectivity index (χ2v) is 6.33. The fraction of sp³-hybridized carbons (Fsp3) is 1.00. The van der Waals surface area contributed by atoms with E-state index in [2.05, 4.69) is 51.7 Å². The van der Waals surface area contributed by atoms with Crippen molar-refractivity contribution in [3.63, 3.8) is 0 Å². The number of rotatable bonds is 10. The van der Waals surface area contributed by atoms with Crippen LogP contribution in [0.15, 0.2) is 0 Å². The third kappa shape index (κ3) is 10.8. The van der Waals surface area contributed by atoms with E-state index in [0.29, 0.717) is 6.10 Å². The first-order valence-electron chi connectivity index (χ1n) is 6.48. The van der Waals surface area contributed by atoms with Crippen molar-refractivity contribution < 1.29 is 4.74 Å². The van der Waals surface area contributed by atoms with E-state index in [1.807, 2.05) is 0 Å². The van der Waals surface area contributed by atoms with Gasteiger partial charge in [-0.3, -0.25) is 0 Å². The summed E-state index contributed by atoms with van der Waals surface area (Å²) in [5.41, 5.74) is 0. The lowest BCUT2D eigenvalue weighted by Gasteiger charge is -2.15. The van der Waals surface area contributed by atoms with Gasteiger partial charge >= 0.3 is 0 Å². The van der Waals surface area contributed by atoms with Gasteiger partial charge in [-0.15, -0.1) is 0 Å². The molecule has 3 heteroatoms. The summed E-state index contributed by atoms with van der Waals surface area (Å²) in [7, 11) is 0. The monoisotopic (exact) mass is 247 g/mol. The predicted octanol–water partition coefficient (Wildman–Crippen LogP) is 3.17. The van der Waals surface area contributed by atoms with Crippen LogP contribution in [0.2, 0.25) is 0 Å². The Morgan fingerprint density at radius 1 is 1.06 bits per heavy atom. The Bertz CT molecular complexity index is 151. The second kappa shape index (κ2) is 10.4. The number of thioether (sulfide) groups is 1. The van der Waals surface area contributed by atoms with Crippen LogP contribution < -0.4 is 5.32 Å². The molecule has 0 aliphatic heterocycles. The van der Waals surface area contributed by atoms with Gasteiger partial charge in [-0.05, 0) is 32.7 Å². The quantitative estimate of drug-likeness (QED) is 0.599. The third-order valence-corrected chi connectivity index (χ3v) is 4.06. The van der Waals surface area contributed by atoms with Crippen LogP contribution in [0.3, 0.4) is 0 Å². The number of hydrogen-bond donors (Lipinski definition) is 1. The Balaban J connectivity index is 3.10. The molecule has 1 N–H and O–H groups in total. The zero-order valence-corrected chi connectivity index (χ0v) is 12.4. The van der Waals surface area contributed by atoms with Crippen molar-refractivity contribution in [3.05, 3.63) is 0 Å². The van der Waals surface area contributed by atoms with Gasteiger partial charge < -0.3 is 10.1 Å². The maximum Gasteiger partial charge on any atom is 0.0518 e. The Hall–Kier alpha value is 0.270. The number of ether oxygens (including phenoxy) is 1. The molecule has 0 saturated heterocycles. The van der Waals surface area contributed by atoms with Gasteiger partial charge in [0.25, 0.3) is 0 Å². The van der Waals surface area contributed by atoms with Gasteiger partial charge in [-0.1, -0.05) is 20.8 Å². The summed E-state index contributed by atoms with van der Waals surface area (Å²) in [5.74, 6) is 1.99. The number of hydrogen-bond acceptors (Lipinski definition) is 3. The first kappa shape index (κ1) is 16.3. The van der Waals surface area contributed by atoms with E-state index in [0.717, 1.165) is 37.3 Å². The van der Waals surface area contributed by atoms with Crippen molar-refractivity contribution in [2.75, 3.05) is 25.4 Å². The van der Waals surface area contributed by atoms with Gasteiger partial charge in [-0.2, -0.15) is 11.8 Å². The van der Waals surface area contributed by atoms with E-state index < -0.39 is 0 Å². The molecule has 0 spiro atoms. The lowest BCUT2D eigenvalue weighted by Crippen LogP contribution is -2.21. The summed E-state index contributed by atoms with van der Waals surface area (Å²) in [4.78, 5) is 0. The highest BCUT2D eigenvalue weighted by molar-refractivity contribution is 7.99. The molecule has 1 unspecified atom stereocenters. The van der Waals surface area contributed by atoms with Crippen molar-refractivity contribution in [1.29, 1.82) is 0 Å². The Morgan fingerprint density at radius 3 is 2.31 bits per heavy atom. The van der Waals surface area contributed by atoms with Crippen molar-refractivity contribution in [2.45, 2.75) is 52.4 Å². The zero-order chi connectivity index (χ0) is 12.4. The van der Waals surface area contributed by atoms with E-state index in [4.69, 9.17) is 4.74 Å². The fourth-order valence-electron chi connectivity index (χ4n) is 1.15. The molecule has 0 bridgehead atoms. The molecule has 16 heavy (non-hydrogen) atoms. The van der Waals surface area contributed by atoms with E-state index in [-0.39, 0.29) is 0 Å². The lowest BCUT2D eigenvalue weighted by molar-refractivity contribution is 0.0772. The van der Waals surface area contributed by atoms with Crippen molar-refractivity contribution in [1.82, 2.24) is 5.32 Å². The highest BCUT2D eigenvalue weighted by Gasteiger charge is 2.05. The van der Waals surface area contributed by atoms with Crippen LogP contribution in [-0.4, -0.2) is 36.8 Å². The van der Waals surface area contributed by atoms with Crippen LogP contribution >= 0.6 is 11.8 Å². The summed E-state index contributed by atoms with van der Waals surface area (Å²) >= 11 is 2.06. The molecule has 2 nitrogen and oxygen atoms in total. The molecule has 0 radical (unpaired) electrons. The average Bonchev–Trinajstić information content (AvgIpc) is 2.21. The smallest absolute Gasteiger partial charge is 0.0518 e. The molecule has 0 amide bonds. The maximum atomic E-state index is 5.47. The minimum Gasteiger partial charge on any atom is -0.379 e. The molecule has 0 aliphatic carbocycles. The minimum absolute atomic E-state index is 0.363. The molecular formula is C13H29NOS. The van der Waals surface area contributed by atoms with E-state index in [1.165, 1.54) is 5.75 Å². The molecule has 0 fully saturated rings. The van der Waals surface area contributed by atoms with E-state index in [9.17, 15) is 0 Å². The Kier molecular flexibility index (Phi) is 10.6. The maximum absolute atomic E-state index is 5.47. The van der Waals surface area contributed by atoms with Gasteiger partial charge in [0.05, 0.1) is 6.10 Å². The first-order valence-corrected chi connectivity index (χ1v) is 7.52. The molecule has 0 aliphatic rings. The average molecular weight is 247 g/mol. The predicted molar refractivity (Wildman–Crippen MR) is 75.3 cm³/mol. The largest absolute Gasteiger partial charge is 0.379 e. The van der Waals surface area contributed by atoms with Gasteiger partial charge in [0.2, 0.25) is 0 Å². The van der Waals surface area contributed by atoms with Crippen LogP contribution in [0.25, 0.3) is 0 Å². The van der Waals surface area contributed by atoms with Crippen LogP contribution in [-0.2, 0) is 4.74 Å². The van der Waals surface area contributed by atoms with Crippen LogP contribution in [0.1, 0.15) is 41.0 Å². The van der Waals surface area contributed by atoms with E-state index >= 15 is 0 Å². The number of nitrogens with one attached hydrogen (secondary N) is 1. The molecule has 0 rings (SSSR count). The Labute approximate surface area is 106 Å². The molecule has 98 valence electrons. The SMILES string of the molecule is CC(C)OCCCNCCSC(C)C(C)C. The highest BCUT2D eigenvalue weighted by atomic mass is 32.2. The van der Waals surface area contributed by atoms with Gasteiger partial charge in [0.15, 0.2) is 0 Å². The molecular weight excluding hydrogens is 218 g/mol. The van der Waals surface area contributed by atoms with Crippen LogP contribution in [0, 0.1) is 5.92 Å². The molecule has 0 aromatic rings. The normalized spacial score (nSPS) is 13.7. The topological polar surface area (TPSA) is 21.3 Å². The second-order valence-electron chi connectivity index (χ2n) is 4.84. The Morgan fingerprint density at radius 2 is 1.75 bits per heavy atom. The van der Waals surface area contributed by atoms with Crippen molar-refractivity contribution in [3.8, 4) is 0 Å². The summed E-state index contributed by atoms with van der Waals surface area (Å²) in [6, 6.07) is 0. The van der Waals surface area contributed by atoms with Gasteiger partial charge in [-0.25, -0.2) is 0 Å². The zero-order valence-electron chi connectivity index (χ0n) is 11.6. The summed E-state index contributed by atoms with van der Waals surface area (Å²) in [5, 5.41) is 4.22. The highest BCUT2D eigenvalue weighted by Crippen LogP contribution is 2.17. The first-order chi connectivity index (χ1) is 7.54. The molecule has 0 saturated carbocycles. The molecule has 0 aromatic heterocycles. The van der Waals surface area contributed by atoms with Crippen LogP contribution in [0.4, 0.5) is 0 Å². The van der Waals surface area contributed by atoms with Crippen LogP contribution in [0.5, 0.6) is 0 Å². The minimum atomic E-state index is 0.363. The molecule has 0 heterocycles. The standard InChI is InChI=1S/C13H29NOS/c1-11(2)13(5)16-10-8-14-7-6-9-15-12(3)4/h11-14H,6-10H2,1-5H3. The van der Waals surface area contributed by atoms with Gasteiger partial charge in [0, 0.05) is 24.2 Å².